The largest absolute Gasteiger partial charge is 0.0861 e. The first-order chi connectivity index (χ1) is 5.66. The van der Waals surface area contributed by atoms with Crippen molar-refractivity contribution in [1.82, 2.24) is 0 Å². The summed E-state index contributed by atoms with van der Waals surface area (Å²) >= 11 is 7.80. The first-order valence-electron chi connectivity index (χ1n) is 5.04. The van der Waals surface area contributed by atoms with Crippen molar-refractivity contribution in [3.63, 3.8) is 0 Å². The molecule has 4 bridgehead atoms. The van der Waals surface area contributed by atoms with Crippen LogP contribution in [0.1, 0.15) is 32.1 Å². The van der Waals surface area contributed by atoms with E-state index in [1.165, 1.54) is 25.7 Å². The van der Waals surface area contributed by atoms with Crippen LogP contribution in [-0.2, 0) is 0 Å². The van der Waals surface area contributed by atoms with Crippen molar-refractivity contribution in [3.8, 4) is 0 Å². The minimum absolute atomic E-state index is 0.327. The van der Waals surface area contributed by atoms with Gasteiger partial charge in [-0.3, -0.25) is 0 Å². The molecule has 0 spiro atoms. The van der Waals surface area contributed by atoms with Gasteiger partial charge in [0, 0.05) is 0 Å². The second-order valence-corrected chi connectivity index (χ2v) is 8.67. The summed E-state index contributed by atoms with van der Waals surface area (Å²) in [6, 6.07) is 0. The molecule has 0 aromatic rings. The highest BCUT2D eigenvalue weighted by atomic mass is 79.9. The molecule has 12 heavy (non-hydrogen) atoms. The minimum atomic E-state index is 0.327. The highest BCUT2D eigenvalue weighted by molar-refractivity contribution is 9.25. The molecule has 4 saturated carbocycles. The fourth-order valence-corrected chi connectivity index (χ4v) is 5.31. The SMILES string of the molecule is BrC1(Br)C2CC3CC(C2)CC1C3. The summed E-state index contributed by atoms with van der Waals surface area (Å²) in [7, 11) is 0. The normalized spacial score (nSPS) is 54.5. The zero-order valence-corrected chi connectivity index (χ0v) is 10.3. The summed E-state index contributed by atoms with van der Waals surface area (Å²) in [5.41, 5.74) is 0. The van der Waals surface area contributed by atoms with E-state index in [1.807, 2.05) is 0 Å². The molecule has 4 rings (SSSR count). The molecule has 0 N–H and O–H groups in total. The molecule has 4 aliphatic rings. The lowest BCUT2D eigenvalue weighted by molar-refractivity contribution is 0.0201. The Morgan fingerprint density at radius 3 is 1.58 bits per heavy atom. The molecule has 0 amide bonds. The lowest BCUT2D eigenvalue weighted by Crippen LogP contribution is -2.50. The molecule has 4 aliphatic carbocycles. The third-order valence-corrected chi connectivity index (χ3v) is 6.82. The van der Waals surface area contributed by atoms with E-state index < -0.39 is 0 Å². The number of alkyl halides is 2. The first-order valence-corrected chi connectivity index (χ1v) is 6.62. The molecule has 0 unspecified atom stereocenters. The Morgan fingerprint density at radius 1 is 0.750 bits per heavy atom. The van der Waals surface area contributed by atoms with Crippen LogP contribution in [0, 0.1) is 23.7 Å². The second-order valence-electron chi connectivity index (χ2n) is 4.98. The molecule has 0 heterocycles. The van der Waals surface area contributed by atoms with E-state index in [0.29, 0.717) is 3.23 Å². The van der Waals surface area contributed by atoms with Crippen molar-refractivity contribution >= 4 is 31.9 Å². The van der Waals surface area contributed by atoms with Crippen LogP contribution in [0.3, 0.4) is 0 Å². The lowest BCUT2D eigenvalue weighted by atomic mass is 9.56. The maximum atomic E-state index is 3.90. The zero-order chi connectivity index (χ0) is 8.34. The van der Waals surface area contributed by atoms with Gasteiger partial charge in [0.15, 0.2) is 0 Å². The zero-order valence-electron chi connectivity index (χ0n) is 7.10. The summed E-state index contributed by atoms with van der Waals surface area (Å²) in [6.45, 7) is 0. The smallest absolute Gasteiger partial charge is 0.0721 e. The van der Waals surface area contributed by atoms with E-state index >= 15 is 0 Å². The lowest BCUT2D eigenvalue weighted by Gasteiger charge is -2.56. The summed E-state index contributed by atoms with van der Waals surface area (Å²) in [5.74, 6) is 4.01. The minimum Gasteiger partial charge on any atom is -0.0721 e. The Kier molecular flexibility index (Phi) is 1.73. The van der Waals surface area contributed by atoms with Gasteiger partial charge in [0.05, 0.1) is 3.23 Å². The molecule has 2 heteroatoms. The quantitative estimate of drug-likeness (QED) is 0.594. The van der Waals surface area contributed by atoms with Gasteiger partial charge in [-0.25, -0.2) is 0 Å². The van der Waals surface area contributed by atoms with Crippen LogP contribution in [0.25, 0.3) is 0 Å². The van der Waals surface area contributed by atoms with Crippen molar-refractivity contribution < 1.29 is 0 Å². The van der Waals surface area contributed by atoms with Gasteiger partial charge in [0.2, 0.25) is 0 Å². The molecular formula is C10H14Br2. The van der Waals surface area contributed by atoms with Gasteiger partial charge < -0.3 is 0 Å². The third kappa shape index (κ3) is 1.00. The Bertz CT molecular complexity index is 180. The van der Waals surface area contributed by atoms with Crippen molar-refractivity contribution in [2.75, 3.05) is 0 Å². The molecule has 0 saturated heterocycles. The van der Waals surface area contributed by atoms with Gasteiger partial charge in [-0.1, -0.05) is 31.9 Å². The molecule has 68 valence electrons. The molecule has 0 atom stereocenters. The fraction of sp³-hybridized carbons (Fsp3) is 1.00. The van der Waals surface area contributed by atoms with Gasteiger partial charge in [0.1, 0.15) is 0 Å². The molecule has 0 aliphatic heterocycles. The van der Waals surface area contributed by atoms with Gasteiger partial charge in [-0.2, -0.15) is 0 Å². The molecule has 0 aromatic heterocycles. The molecule has 4 fully saturated rings. The van der Waals surface area contributed by atoms with Crippen molar-refractivity contribution in [2.24, 2.45) is 23.7 Å². The van der Waals surface area contributed by atoms with E-state index in [4.69, 9.17) is 0 Å². The van der Waals surface area contributed by atoms with Crippen LogP contribution < -0.4 is 0 Å². The number of hydrogen-bond donors (Lipinski definition) is 0. The van der Waals surface area contributed by atoms with Crippen LogP contribution in [0.2, 0.25) is 0 Å². The van der Waals surface area contributed by atoms with Crippen molar-refractivity contribution in [1.29, 1.82) is 0 Å². The molecule has 0 nitrogen and oxygen atoms in total. The van der Waals surface area contributed by atoms with Crippen molar-refractivity contribution in [3.05, 3.63) is 0 Å². The van der Waals surface area contributed by atoms with Gasteiger partial charge in [-0.05, 0) is 55.8 Å². The second kappa shape index (κ2) is 2.50. The average molecular weight is 294 g/mol. The maximum absolute atomic E-state index is 3.90. The Balaban J connectivity index is 1.96. The monoisotopic (exact) mass is 292 g/mol. The average Bonchev–Trinajstić information content (AvgIpc) is 1.99. The fourth-order valence-electron chi connectivity index (χ4n) is 3.81. The summed E-state index contributed by atoms with van der Waals surface area (Å²) in [4.78, 5) is 0. The van der Waals surface area contributed by atoms with Gasteiger partial charge >= 0.3 is 0 Å². The predicted octanol–water partition coefficient (Wildman–Crippen LogP) is 3.93. The highest BCUT2D eigenvalue weighted by Gasteiger charge is 2.54. The van der Waals surface area contributed by atoms with Crippen LogP contribution in [0.15, 0.2) is 0 Å². The maximum Gasteiger partial charge on any atom is 0.0861 e. The Morgan fingerprint density at radius 2 is 1.17 bits per heavy atom. The number of rotatable bonds is 0. The van der Waals surface area contributed by atoms with E-state index in [0.717, 1.165) is 23.7 Å². The van der Waals surface area contributed by atoms with Crippen LogP contribution in [0.5, 0.6) is 0 Å². The van der Waals surface area contributed by atoms with E-state index in [2.05, 4.69) is 31.9 Å². The van der Waals surface area contributed by atoms with Gasteiger partial charge in [0.25, 0.3) is 0 Å². The standard InChI is InChI=1S/C10H14Br2/c11-10(12)8-2-6-1-7(4-8)5-9(10)3-6/h6-9H,1-5H2. The van der Waals surface area contributed by atoms with Crippen molar-refractivity contribution in [2.45, 2.75) is 35.3 Å². The highest BCUT2D eigenvalue weighted by Crippen LogP contribution is 2.63. The first kappa shape index (κ1) is 8.28. The van der Waals surface area contributed by atoms with E-state index in [1.54, 1.807) is 6.42 Å². The topological polar surface area (TPSA) is 0 Å². The predicted molar refractivity (Wildman–Crippen MR) is 57.6 cm³/mol. The molecule has 0 aromatic carbocycles. The summed E-state index contributed by atoms with van der Waals surface area (Å²) in [5, 5.41) is 0. The molecule has 0 radical (unpaired) electrons. The van der Waals surface area contributed by atoms with Crippen LogP contribution >= 0.6 is 31.9 Å². The van der Waals surface area contributed by atoms with E-state index in [9.17, 15) is 0 Å². The van der Waals surface area contributed by atoms with Gasteiger partial charge in [-0.15, -0.1) is 0 Å². The molecular weight excluding hydrogens is 280 g/mol. The van der Waals surface area contributed by atoms with E-state index in [-0.39, 0.29) is 0 Å². The number of hydrogen-bond acceptors (Lipinski definition) is 0. The Labute approximate surface area is 90.7 Å². The van der Waals surface area contributed by atoms with Crippen LogP contribution in [0.4, 0.5) is 0 Å². The summed E-state index contributed by atoms with van der Waals surface area (Å²) < 4.78 is 0.327. The third-order valence-electron chi connectivity index (χ3n) is 4.23. The van der Waals surface area contributed by atoms with Crippen LogP contribution in [-0.4, -0.2) is 3.23 Å². The Hall–Kier alpha value is 0.960. The summed E-state index contributed by atoms with van der Waals surface area (Å²) in [6.07, 6.45) is 7.45. The number of halogens is 2.